The molecule has 116 valence electrons. The number of halogens is 2. The maximum atomic E-state index is 13.7. The Morgan fingerprint density at radius 2 is 1.95 bits per heavy atom. The number of carbonyl (C=O) groups is 2. The van der Waals surface area contributed by atoms with E-state index in [1.54, 1.807) is 19.1 Å². The van der Waals surface area contributed by atoms with Gasteiger partial charge in [0, 0.05) is 23.2 Å². The molecule has 1 unspecified atom stereocenters. The molecule has 0 amide bonds. The predicted molar refractivity (Wildman–Crippen MR) is 85.7 cm³/mol. The predicted octanol–water partition coefficient (Wildman–Crippen LogP) is 4.73. The van der Waals surface area contributed by atoms with Crippen LogP contribution in [-0.2, 0) is 16.0 Å². The Labute approximate surface area is 134 Å². The lowest BCUT2D eigenvalue weighted by molar-refractivity contribution is -0.122. The maximum absolute atomic E-state index is 13.7. The standard InChI is InChI=1S/C17H22BrFO2/c1-11(2)8-13(12(3)20)5-7-16(21)9-14-4-6-15(18)10-17(14)19/h4,6,10-11,13H,5,7-9H2,1-3H3. The number of Topliss-reactive ketones (excluding diaryl/α,β-unsaturated/α-hetero) is 2. The number of hydrogen-bond donors (Lipinski definition) is 0. The van der Waals surface area contributed by atoms with Crippen LogP contribution < -0.4 is 0 Å². The second-order valence-electron chi connectivity index (χ2n) is 5.93. The fourth-order valence-electron chi connectivity index (χ4n) is 2.36. The molecule has 1 rings (SSSR count). The minimum Gasteiger partial charge on any atom is -0.300 e. The van der Waals surface area contributed by atoms with Crippen molar-refractivity contribution in [3.63, 3.8) is 0 Å². The van der Waals surface area contributed by atoms with Crippen LogP contribution in [0.3, 0.4) is 0 Å². The Kier molecular flexibility index (Phi) is 7.23. The number of benzene rings is 1. The van der Waals surface area contributed by atoms with Gasteiger partial charge in [-0.1, -0.05) is 35.8 Å². The molecule has 1 aromatic rings. The molecule has 0 aromatic heterocycles. The molecule has 2 nitrogen and oxygen atoms in total. The lowest BCUT2D eigenvalue weighted by Crippen LogP contribution is -2.16. The van der Waals surface area contributed by atoms with E-state index in [0.29, 0.717) is 28.8 Å². The summed E-state index contributed by atoms with van der Waals surface area (Å²) >= 11 is 3.19. The van der Waals surface area contributed by atoms with Crippen LogP contribution in [0.5, 0.6) is 0 Å². The molecule has 4 heteroatoms. The van der Waals surface area contributed by atoms with Crippen molar-refractivity contribution in [2.24, 2.45) is 11.8 Å². The number of ketones is 2. The zero-order valence-corrected chi connectivity index (χ0v) is 14.4. The van der Waals surface area contributed by atoms with Gasteiger partial charge in [0.1, 0.15) is 17.4 Å². The summed E-state index contributed by atoms with van der Waals surface area (Å²) in [4.78, 5) is 23.5. The summed E-state index contributed by atoms with van der Waals surface area (Å²) in [5.41, 5.74) is 0.409. The highest BCUT2D eigenvalue weighted by Crippen LogP contribution is 2.20. The Bertz CT molecular complexity index is 512. The highest BCUT2D eigenvalue weighted by molar-refractivity contribution is 9.10. The van der Waals surface area contributed by atoms with E-state index in [-0.39, 0.29) is 29.7 Å². The fraction of sp³-hybridized carbons (Fsp3) is 0.529. The van der Waals surface area contributed by atoms with Gasteiger partial charge in [-0.3, -0.25) is 9.59 Å². The summed E-state index contributed by atoms with van der Waals surface area (Å²) in [5, 5.41) is 0. The summed E-state index contributed by atoms with van der Waals surface area (Å²) in [5.74, 6) is 0.0993. The molecule has 0 N–H and O–H groups in total. The zero-order chi connectivity index (χ0) is 16.0. The van der Waals surface area contributed by atoms with Crippen LogP contribution in [0.4, 0.5) is 4.39 Å². The molecule has 1 atom stereocenters. The average Bonchev–Trinajstić information content (AvgIpc) is 2.37. The number of carbonyl (C=O) groups excluding carboxylic acids is 2. The van der Waals surface area contributed by atoms with Crippen LogP contribution in [0.15, 0.2) is 22.7 Å². The second kappa shape index (κ2) is 8.42. The molecular weight excluding hydrogens is 335 g/mol. The smallest absolute Gasteiger partial charge is 0.137 e. The van der Waals surface area contributed by atoms with Crippen molar-refractivity contribution >= 4 is 27.5 Å². The molecule has 0 saturated carbocycles. The summed E-state index contributed by atoms with van der Waals surface area (Å²) in [6, 6.07) is 4.70. The fourth-order valence-corrected chi connectivity index (χ4v) is 2.69. The minimum absolute atomic E-state index is 0.0220. The molecule has 0 bridgehead atoms. The molecule has 21 heavy (non-hydrogen) atoms. The van der Waals surface area contributed by atoms with Crippen LogP contribution in [0, 0.1) is 17.7 Å². The van der Waals surface area contributed by atoms with Crippen molar-refractivity contribution in [3.05, 3.63) is 34.1 Å². The first kappa shape index (κ1) is 18.0. The van der Waals surface area contributed by atoms with Crippen molar-refractivity contribution in [2.75, 3.05) is 0 Å². The van der Waals surface area contributed by atoms with Crippen molar-refractivity contribution in [2.45, 2.75) is 46.5 Å². The second-order valence-corrected chi connectivity index (χ2v) is 6.84. The molecule has 1 aromatic carbocycles. The lowest BCUT2D eigenvalue weighted by atomic mass is 9.88. The third kappa shape index (κ3) is 6.51. The summed E-state index contributed by atoms with van der Waals surface area (Å²) < 4.78 is 14.3. The van der Waals surface area contributed by atoms with Gasteiger partial charge in [-0.25, -0.2) is 4.39 Å². The normalized spacial score (nSPS) is 12.5. The Morgan fingerprint density at radius 3 is 2.48 bits per heavy atom. The van der Waals surface area contributed by atoms with E-state index < -0.39 is 0 Å². The van der Waals surface area contributed by atoms with Crippen LogP contribution in [0.2, 0.25) is 0 Å². The van der Waals surface area contributed by atoms with Gasteiger partial charge in [-0.05, 0) is 43.4 Å². The van der Waals surface area contributed by atoms with E-state index in [1.165, 1.54) is 6.07 Å². The molecule has 0 saturated heterocycles. The number of hydrogen-bond acceptors (Lipinski definition) is 2. The Hall–Kier alpha value is -1.03. The molecule has 0 aliphatic carbocycles. The topological polar surface area (TPSA) is 34.1 Å². The van der Waals surface area contributed by atoms with Crippen LogP contribution in [0.25, 0.3) is 0 Å². The van der Waals surface area contributed by atoms with E-state index >= 15 is 0 Å². The van der Waals surface area contributed by atoms with Gasteiger partial charge in [-0.15, -0.1) is 0 Å². The summed E-state index contributed by atoms with van der Waals surface area (Å²) in [7, 11) is 0. The average molecular weight is 357 g/mol. The van der Waals surface area contributed by atoms with Gasteiger partial charge >= 0.3 is 0 Å². The third-order valence-corrected chi connectivity index (χ3v) is 4.00. The molecule has 0 heterocycles. The van der Waals surface area contributed by atoms with Crippen molar-refractivity contribution in [1.82, 2.24) is 0 Å². The Balaban J connectivity index is 2.54. The van der Waals surface area contributed by atoms with Crippen LogP contribution >= 0.6 is 15.9 Å². The molecule has 0 aliphatic heterocycles. The zero-order valence-electron chi connectivity index (χ0n) is 12.8. The van der Waals surface area contributed by atoms with Gasteiger partial charge in [0.05, 0.1) is 0 Å². The van der Waals surface area contributed by atoms with Gasteiger partial charge in [0.15, 0.2) is 0 Å². The highest BCUT2D eigenvalue weighted by Gasteiger charge is 2.18. The van der Waals surface area contributed by atoms with E-state index in [2.05, 4.69) is 29.8 Å². The van der Waals surface area contributed by atoms with Gasteiger partial charge in [0.25, 0.3) is 0 Å². The molecular formula is C17H22BrFO2. The largest absolute Gasteiger partial charge is 0.300 e. The minimum atomic E-state index is -0.372. The van der Waals surface area contributed by atoms with Crippen LogP contribution in [0.1, 0.15) is 45.6 Å². The van der Waals surface area contributed by atoms with Crippen molar-refractivity contribution < 1.29 is 14.0 Å². The van der Waals surface area contributed by atoms with E-state index in [4.69, 9.17) is 0 Å². The maximum Gasteiger partial charge on any atom is 0.137 e. The Morgan fingerprint density at radius 1 is 1.29 bits per heavy atom. The first-order valence-electron chi connectivity index (χ1n) is 7.25. The number of rotatable bonds is 8. The van der Waals surface area contributed by atoms with Crippen LogP contribution in [-0.4, -0.2) is 11.6 Å². The molecule has 0 spiro atoms. The van der Waals surface area contributed by atoms with Crippen molar-refractivity contribution in [3.8, 4) is 0 Å². The van der Waals surface area contributed by atoms with Gasteiger partial charge < -0.3 is 0 Å². The highest BCUT2D eigenvalue weighted by atomic mass is 79.9. The monoisotopic (exact) mass is 356 g/mol. The first-order chi connectivity index (χ1) is 9.79. The molecule has 0 fully saturated rings. The summed E-state index contributed by atoms with van der Waals surface area (Å²) in [6.07, 6.45) is 1.78. The summed E-state index contributed by atoms with van der Waals surface area (Å²) in [6.45, 7) is 5.70. The van der Waals surface area contributed by atoms with E-state index in [9.17, 15) is 14.0 Å². The molecule has 0 radical (unpaired) electrons. The van der Waals surface area contributed by atoms with Crippen molar-refractivity contribution in [1.29, 1.82) is 0 Å². The quantitative estimate of drug-likeness (QED) is 0.674. The SMILES string of the molecule is CC(=O)C(CCC(=O)Cc1ccc(Br)cc1F)CC(C)C. The molecule has 0 aliphatic rings. The first-order valence-corrected chi connectivity index (χ1v) is 8.05. The third-order valence-electron chi connectivity index (χ3n) is 3.51. The van der Waals surface area contributed by atoms with E-state index in [0.717, 1.165) is 6.42 Å². The van der Waals surface area contributed by atoms with Gasteiger partial charge in [-0.2, -0.15) is 0 Å². The van der Waals surface area contributed by atoms with E-state index in [1.807, 2.05) is 0 Å². The lowest BCUT2D eigenvalue weighted by Gasteiger charge is -2.15. The van der Waals surface area contributed by atoms with Gasteiger partial charge in [0.2, 0.25) is 0 Å².